The Kier molecular flexibility index (Phi) is 7.13. The monoisotopic (exact) mass is 433 g/mol. The minimum atomic E-state index is 0.0197. The lowest BCUT2D eigenvalue weighted by Crippen LogP contribution is -2.54. The molecule has 4 rings (SSSR count). The van der Waals surface area contributed by atoms with Gasteiger partial charge in [0, 0.05) is 32.2 Å². The first-order valence-electron chi connectivity index (χ1n) is 11.9. The molecule has 2 heterocycles. The van der Waals surface area contributed by atoms with Crippen LogP contribution in [0.3, 0.4) is 0 Å². The van der Waals surface area contributed by atoms with Crippen molar-refractivity contribution in [2.45, 2.75) is 57.9 Å². The van der Waals surface area contributed by atoms with Gasteiger partial charge in [-0.3, -0.25) is 4.79 Å². The number of rotatable bonds is 4. The molecule has 2 aliphatic heterocycles. The van der Waals surface area contributed by atoms with Crippen molar-refractivity contribution in [3.8, 4) is 0 Å². The second-order valence-corrected chi connectivity index (χ2v) is 9.47. The first kappa shape index (κ1) is 22.4. The highest BCUT2D eigenvalue weighted by molar-refractivity contribution is 5.79. The molecule has 0 radical (unpaired) electrons. The minimum Gasteiger partial charge on any atom is -0.340 e. The fraction of sp³-hybridized carbons (Fsp3) is 0.481. The summed E-state index contributed by atoms with van der Waals surface area (Å²) in [6.07, 6.45) is 4.29. The van der Waals surface area contributed by atoms with E-state index in [0.29, 0.717) is 18.9 Å². The summed E-state index contributed by atoms with van der Waals surface area (Å²) >= 11 is 0. The highest BCUT2D eigenvalue weighted by atomic mass is 16.2. The zero-order valence-corrected chi connectivity index (χ0v) is 19.3. The van der Waals surface area contributed by atoms with E-state index >= 15 is 0 Å². The van der Waals surface area contributed by atoms with Crippen LogP contribution in [0.25, 0.3) is 0 Å². The first-order chi connectivity index (χ1) is 15.5. The van der Waals surface area contributed by atoms with Crippen LogP contribution in [0.15, 0.2) is 48.5 Å². The van der Waals surface area contributed by atoms with E-state index in [1.807, 2.05) is 40.1 Å². The van der Waals surface area contributed by atoms with Crippen molar-refractivity contribution in [1.82, 2.24) is 15.1 Å². The summed E-state index contributed by atoms with van der Waals surface area (Å²) in [6.45, 7) is 7.25. The Hall–Kier alpha value is -2.82. The van der Waals surface area contributed by atoms with Gasteiger partial charge in [0.15, 0.2) is 0 Å². The van der Waals surface area contributed by atoms with Gasteiger partial charge in [0.2, 0.25) is 5.91 Å². The molecule has 2 saturated heterocycles. The Morgan fingerprint density at radius 2 is 1.59 bits per heavy atom. The van der Waals surface area contributed by atoms with Crippen LogP contribution in [0, 0.1) is 13.8 Å². The van der Waals surface area contributed by atoms with Crippen LogP contribution < -0.4 is 5.32 Å². The van der Waals surface area contributed by atoms with Crippen molar-refractivity contribution in [3.63, 3.8) is 0 Å². The average molecular weight is 434 g/mol. The number of urea groups is 1. The largest absolute Gasteiger partial charge is 0.340 e. The fourth-order valence-corrected chi connectivity index (χ4v) is 5.13. The predicted octanol–water partition coefficient (Wildman–Crippen LogP) is 4.43. The Morgan fingerprint density at radius 1 is 0.906 bits per heavy atom. The van der Waals surface area contributed by atoms with Crippen molar-refractivity contribution >= 4 is 11.9 Å². The number of benzene rings is 2. The number of hydrogen-bond donors (Lipinski definition) is 1. The molecule has 0 saturated carbocycles. The molecule has 5 heteroatoms. The third kappa shape index (κ3) is 5.70. The highest BCUT2D eigenvalue weighted by Gasteiger charge is 2.28. The van der Waals surface area contributed by atoms with Crippen molar-refractivity contribution < 1.29 is 9.59 Å². The van der Waals surface area contributed by atoms with Crippen molar-refractivity contribution in [2.24, 2.45) is 0 Å². The molecular formula is C27H35N3O2. The first-order valence-corrected chi connectivity index (χ1v) is 11.9. The van der Waals surface area contributed by atoms with Gasteiger partial charge in [-0.05, 0) is 56.6 Å². The molecule has 0 aromatic heterocycles. The van der Waals surface area contributed by atoms with Gasteiger partial charge in [-0.1, -0.05) is 59.7 Å². The fourth-order valence-electron chi connectivity index (χ4n) is 5.13. The topological polar surface area (TPSA) is 52.7 Å². The van der Waals surface area contributed by atoms with E-state index in [-0.39, 0.29) is 18.0 Å². The molecule has 2 fully saturated rings. The summed E-state index contributed by atoms with van der Waals surface area (Å²) in [6, 6.07) is 16.7. The smallest absolute Gasteiger partial charge is 0.317 e. The SMILES string of the molecule is Cc1cc(C)cc(C2CCN(C(=O)NC3CCCN(C(=O)Cc4ccccc4)C3)CC2)c1. The van der Waals surface area contributed by atoms with Crippen molar-refractivity contribution in [1.29, 1.82) is 0 Å². The second-order valence-electron chi connectivity index (χ2n) is 9.47. The van der Waals surface area contributed by atoms with Gasteiger partial charge in [0.1, 0.15) is 0 Å². The number of carbonyl (C=O) groups excluding carboxylic acids is 2. The van der Waals surface area contributed by atoms with E-state index in [1.165, 1.54) is 16.7 Å². The normalized spacial score (nSPS) is 19.6. The molecule has 2 aromatic rings. The van der Waals surface area contributed by atoms with Gasteiger partial charge in [-0.2, -0.15) is 0 Å². The van der Waals surface area contributed by atoms with E-state index in [9.17, 15) is 9.59 Å². The van der Waals surface area contributed by atoms with Crippen LogP contribution in [-0.2, 0) is 11.2 Å². The number of carbonyl (C=O) groups is 2. The van der Waals surface area contributed by atoms with Crippen LogP contribution in [0.4, 0.5) is 4.79 Å². The minimum absolute atomic E-state index is 0.0197. The lowest BCUT2D eigenvalue weighted by Gasteiger charge is -2.36. The third-order valence-electron chi connectivity index (χ3n) is 6.80. The lowest BCUT2D eigenvalue weighted by atomic mass is 9.88. The standard InChI is InChI=1S/C27H35N3O2/c1-20-15-21(2)17-24(16-20)23-10-13-29(14-11-23)27(32)28-25-9-6-12-30(19-25)26(31)18-22-7-4-3-5-8-22/h3-5,7-8,15-17,23,25H,6,9-14,18-19H2,1-2H3,(H,28,32). The van der Waals surface area contributed by atoms with Gasteiger partial charge in [-0.15, -0.1) is 0 Å². The summed E-state index contributed by atoms with van der Waals surface area (Å²) in [7, 11) is 0. The Bertz CT molecular complexity index is 915. The van der Waals surface area contributed by atoms with Gasteiger partial charge >= 0.3 is 6.03 Å². The van der Waals surface area contributed by atoms with Gasteiger partial charge in [0.05, 0.1) is 6.42 Å². The maximum atomic E-state index is 12.9. The molecule has 0 bridgehead atoms. The molecular weight excluding hydrogens is 398 g/mol. The van der Waals surface area contributed by atoms with Crippen LogP contribution in [0.2, 0.25) is 0 Å². The summed E-state index contributed by atoms with van der Waals surface area (Å²) < 4.78 is 0. The molecule has 2 aromatic carbocycles. The average Bonchev–Trinajstić information content (AvgIpc) is 2.79. The molecule has 170 valence electrons. The third-order valence-corrected chi connectivity index (χ3v) is 6.80. The lowest BCUT2D eigenvalue weighted by molar-refractivity contribution is -0.131. The molecule has 5 nitrogen and oxygen atoms in total. The zero-order chi connectivity index (χ0) is 22.5. The van der Waals surface area contributed by atoms with Gasteiger partial charge in [-0.25, -0.2) is 4.79 Å². The number of nitrogens with one attached hydrogen (secondary N) is 1. The molecule has 1 unspecified atom stereocenters. The summed E-state index contributed by atoms with van der Waals surface area (Å²) in [5.41, 5.74) is 5.06. The van der Waals surface area contributed by atoms with E-state index in [0.717, 1.165) is 50.9 Å². The second kappa shape index (κ2) is 10.2. The van der Waals surface area contributed by atoms with E-state index in [1.54, 1.807) is 0 Å². The van der Waals surface area contributed by atoms with Crippen LogP contribution in [-0.4, -0.2) is 54.0 Å². The summed E-state index contributed by atoms with van der Waals surface area (Å²) in [5.74, 6) is 0.669. The number of amides is 3. The molecule has 2 aliphatic rings. The molecule has 1 N–H and O–H groups in total. The van der Waals surface area contributed by atoms with Gasteiger partial charge < -0.3 is 15.1 Å². The molecule has 32 heavy (non-hydrogen) atoms. The molecule has 0 aliphatic carbocycles. The number of aryl methyl sites for hydroxylation is 2. The highest BCUT2D eigenvalue weighted by Crippen LogP contribution is 2.29. The summed E-state index contributed by atoms with van der Waals surface area (Å²) in [4.78, 5) is 29.5. The van der Waals surface area contributed by atoms with Crippen molar-refractivity contribution in [3.05, 3.63) is 70.8 Å². The number of nitrogens with zero attached hydrogens (tertiary/aromatic N) is 2. The molecule has 0 spiro atoms. The van der Waals surface area contributed by atoms with E-state index in [4.69, 9.17) is 0 Å². The van der Waals surface area contributed by atoms with Crippen LogP contribution in [0.1, 0.15) is 53.9 Å². The quantitative estimate of drug-likeness (QED) is 0.776. The summed E-state index contributed by atoms with van der Waals surface area (Å²) in [5, 5.41) is 3.20. The maximum absolute atomic E-state index is 12.9. The molecule has 3 amide bonds. The van der Waals surface area contributed by atoms with Crippen molar-refractivity contribution in [2.75, 3.05) is 26.2 Å². The predicted molar refractivity (Wildman–Crippen MR) is 128 cm³/mol. The number of likely N-dealkylation sites (tertiary alicyclic amines) is 2. The molecule has 1 atom stereocenters. The Labute approximate surface area is 191 Å². The Balaban J connectivity index is 1.26. The Morgan fingerprint density at radius 3 is 2.28 bits per heavy atom. The van der Waals surface area contributed by atoms with Crippen LogP contribution in [0.5, 0.6) is 0 Å². The van der Waals surface area contributed by atoms with E-state index in [2.05, 4.69) is 37.4 Å². The van der Waals surface area contributed by atoms with Crippen LogP contribution >= 0.6 is 0 Å². The zero-order valence-electron chi connectivity index (χ0n) is 19.3. The number of piperidine rings is 2. The van der Waals surface area contributed by atoms with E-state index < -0.39 is 0 Å². The van der Waals surface area contributed by atoms with Gasteiger partial charge in [0.25, 0.3) is 0 Å². The maximum Gasteiger partial charge on any atom is 0.317 e. The number of hydrogen-bond acceptors (Lipinski definition) is 2.